The van der Waals surface area contributed by atoms with Gasteiger partial charge in [-0.15, -0.1) is 0 Å². The Balaban J connectivity index is 2.06. The molecule has 0 saturated carbocycles. The summed E-state index contributed by atoms with van der Waals surface area (Å²) in [7, 11) is 0. The number of carboxylic acids is 1. The zero-order chi connectivity index (χ0) is 13.4. The predicted molar refractivity (Wildman–Crippen MR) is 71.2 cm³/mol. The third-order valence-electron chi connectivity index (χ3n) is 3.15. The first kappa shape index (κ1) is 12.4. The smallest absolute Gasteiger partial charge is 0.356 e. The SMILES string of the molecule is O=C(O)c1n[nH]c2c1CCOC2c1cccc(Br)c1. The first-order valence-corrected chi connectivity index (χ1v) is 6.63. The first-order valence-electron chi connectivity index (χ1n) is 5.84. The fourth-order valence-corrected chi connectivity index (χ4v) is 2.74. The zero-order valence-electron chi connectivity index (χ0n) is 9.89. The largest absolute Gasteiger partial charge is 0.476 e. The normalized spacial score (nSPS) is 18.1. The van der Waals surface area contributed by atoms with Gasteiger partial charge >= 0.3 is 5.97 Å². The molecule has 19 heavy (non-hydrogen) atoms. The Bertz CT molecular complexity index is 639. The molecule has 1 aliphatic rings. The van der Waals surface area contributed by atoms with Gasteiger partial charge in [-0.25, -0.2) is 4.79 Å². The van der Waals surface area contributed by atoms with Gasteiger partial charge in [0.2, 0.25) is 0 Å². The van der Waals surface area contributed by atoms with Gasteiger partial charge in [-0.2, -0.15) is 5.10 Å². The molecular weight excluding hydrogens is 312 g/mol. The highest BCUT2D eigenvalue weighted by Crippen LogP contribution is 2.33. The van der Waals surface area contributed by atoms with Crippen LogP contribution in [0.4, 0.5) is 0 Å². The van der Waals surface area contributed by atoms with Crippen molar-refractivity contribution in [1.82, 2.24) is 10.2 Å². The van der Waals surface area contributed by atoms with Gasteiger partial charge in [0, 0.05) is 16.5 Å². The van der Waals surface area contributed by atoms with Crippen molar-refractivity contribution in [2.24, 2.45) is 0 Å². The van der Waals surface area contributed by atoms with Crippen molar-refractivity contribution in [3.05, 3.63) is 51.3 Å². The van der Waals surface area contributed by atoms with E-state index in [1.165, 1.54) is 0 Å². The summed E-state index contributed by atoms with van der Waals surface area (Å²) in [6, 6.07) is 7.77. The quantitative estimate of drug-likeness (QED) is 0.890. The van der Waals surface area contributed by atoms with E-state index >= 15 is 0 Å². The van der Waals surface area contributed by atoms with Crippen LogP contribution in [-0.2, 0) is 11.2 Å². The zero-order valence-corrected chi connectivity index (χ0v) is 11.5. The van der Waals surface area contributed by atoms with Crippen molar-refractivity contribution in [3.8, 4) is 0 Å². The standard InChI is InChI=1S/C13H11BrN2O3/c14-8-3-1-2-7(6-8)12-10-9(4-5-19-12)11(13(17)18)16-15-10/h1-3,6,12H,4-5H2,(H,15,16)(H,17,18). The van der Waals surface area contributed by atoms with Crippen molar-refractivity contribution < 1.29 is 14.6 Å². The van der Waals surface area contributed by atoms with E-state index in [-0.39, 0.29) is 11.8 Å². The van der Waals surface area contributed by atoms with Crippen molar-refractivity contribution in [1.29, 1.82) is 0 Å². The van der Waals surface area contributed by atoms with E-state index in [1.807, 2.05) is 24.3 Å². The summed E-state index contributed by atoms with van der Waals surface area (Å²) in [5.74, 6) is -1.01. The van der Waals surface area contributed by atoms with Gasteiger partial charge in [0.15, 0.2) is 5.69 Å². The number of nitrogens with zero attached hydrogens (tertiary/aromatic N) is 1. The molecule has 0 bridgehead atoms. The number of fused-ring (bicyclic) bond motifs is 1. The average molecular weight is 323 g/mol. The molecule has 2 N–H and O–H groups in total. The van der Waals surface area contributed by atoms with Gasteiger partial charge in [-0.1, -0.05) is 28.1 Å². The number of halogens is 1. The Hall–Kier alpha value is -1.66. The molecule has 1 aromatic heterocycles. The van der Waals surface area contributed by atoms with E-state index in [9.17, 15) is 4.79 Å². The van der Waals surface area contributed by atoms with E-state index in [4.69, 9.17) is 9.84 Å². The molecule has 0 spiro atoms. The third kappa shape index (κ3) is 2.17. The van der Waals surface area contributed by atoms with Crippen molar-refractivity contribution >= 4 is 21.9 Å². The number of aromatic amines is 1. The highest BCUT2D eigenvalue weighted by atomic mass is 79.9. The number of carbonyl (C=O) groups is 1. The molecule has 0 aliphatic carbocycles. The molecule has 6 heteroatoms. The summed E-state index contributed by atoms with van der Waals surface area (Å²) in [5.41, 5.74) is 2.54. The number of hydrogen-bond donors (Lipinski definition) is 2. The molecule has 0 radical (unpaired) electrons. The van der Waals surface area contributed by atoms with Gasteiger partial charge in [0.25, 0.3) is 0 Å². The Morgan fingerprint density at radius 3 is 3.11 bits per heavy atom. The average Bonchev–Trinajstić information content (AvgIpc) is 2.82. The van der Waals surface area contributed by atoms with E-state index < -0.39 is 5.97 Å². The first-order chi connectivity index (χ1) is 9.16. The predicted octanol–water partition coefficient (Wildman–Crippen LogP) is 2.53. The highest BCUT2D eigenvalue weighted by Gasteiger charge is 2.29. The second-order valence-corrected chi connectivity index (χ2v) is 5.24. The number of aromatic nitrogens is 2. The number of H-pyrrole nitrogens is 1. The summed E-state index contributed by atoms with van der Waals surface area (Å²) in [6.45, 7) is 0.490. The molecule has 0 amide bonds. The molecule has 1 aliphatic heterocycles. The van der Waals surface area contributed by atoms with Crippen LogP contribution in [0.2, 0.25) is 0 Å². The van der Waals surface area contributed by atoms with Crippen LogP contribution < -0.4 is 0 Å². The molecule has 2 aromatic rings. The lowest BCUT2D eigenvalue weighted by Crippen LogP contribution is -2.18. The second kappa shape index (κ2) is 4.79. The molecule has 1 atom stereocenters. The molecule has 3 rings (SSSR count). The molecule has 0 saturated heterocycles. The number of ether oxygens (including phenoxy) is 1. The number of hydrogen-bond acceptors (Lipinski definition) is 3. The minimum atomic E-state index is -1.01. The topological polar surface area (TPSA) is 75.2 Å². The minimum Gasteiger partial charge on any atom is -0.476 e. The maximum Gasteiger partial charge on any atom is 0.356 e. The third-order valence-corrected chi connectivity index (χ3v) is 3.65. The van der Waals surface area contributed by atoms with Crippen molar-refractivity contribution in [3.63, 3.8) is 0 Å². The molecule has 1 unspecified atom stereocenters. The second-order valence-electron chi connectivity index (χ2n) is 4.33. The number of aromatic carboxylic acids is 1. The summed E-state index contributed by atoms with van der Waals surface area (Å²) in [6.07, 6.45) is 0.277. The Morgan fingerprint density at radius 2 is 2.37 bits per heavy atom. The molecule has 98 valence electrons. The molecule has 0 fully saturated rings. The summed E-state index contributed by atoms with van der Waals surface area (Å²) >= 11 is 3.42. The Morgan fingerprint density at radius 1 is 1.53 bits per heavy atom. The van der Waals surface area contributed by atoms with Crippen molar-refractivity contribution in [2.75, 3.05) is 6.61 Å². The summed E-state index contributed by atoms with van der Waals surface area (Å²) in [5, 5.41) is 15.8. The lowest BCUT2D eigenvalue weighted by atomic mass is 9.98. The van der Waals surface area contributed by atoms with Crippen molar-refractivity contribution in [2.45, 2.75) is 12.5 Å². The van der Waals surface area contributed by atoms with Crippen LogP contribution in [0.1, 0.15) is 33.4 Å². The summed E-state index contributed by atoms with van der Waals surface area (Å²) in [4.78, 5) is 11.1. The Labute approximate surface area is 117 Å². The van der Waals surface area contributed by atoms with Gasteiger partial charge < -0.3 is 9.84 Å². The number of carboxylic acid groups (broad SMARTS) is 1. The van der Waals surface area contributed by atoms with Gasteiger partial charge in [-0.05, 0) is 17.7 Å². The van der Waals surface area contributed by atoms with Crippen LogP contribution in [0.5, 0.6) is 0 Å². The van der Waals surface area contributed by atoms with Crippen LogP contribution in [0.3, 0.4) is 0 Å². The molecule has 2 heterocycles. The van der Waals surface area contributed by atoms with Crippen LogP contribution in [-0.4, -0.2) is 27.9 Å². The van der Waals surface area contributed by atoms with Crippen LogP contribution in [0.25, 0.3) is 0 Å². The Kier molecular flexibility index (Phi) is 3.12. The minimum absolute atomic E-state index is 0.0956. The van der Waals surface area contributed by atoms with E-state index in [0.717, 1.165) is 21.3 Å². The fourth-order valence-electron chi connectivity index (χ4n) is 2.32. The maximum absolute atomic E-state index is 11.1. The monoisotopic (exact) mass is 322 g/mol. The lowest BCUT2D eigenvalue weighted by Gasteiger charge is -2.23. The van der Waals surface area contributed by atoms with Crippen LogP contribution in [0, 0.1) is 0 Å². The number of nitrogens with one attached hydrogen (secondary N) is 1. The molecule has 5 nitrogen and oxygen atoms in total. The van der Waals surface area contributed by atoms with Gasteiger partial charge in [-0.3, -0.25) is 5.10 Å². The summed E-state index contributed by atoms with van der Waals surface area (Å²) < 4.78 is 6.71. The van der Waals surface area contributed by atoms with Gasteiger partial charge in [0.1, 0.15) is 6.10 Å². The highest BCUT2D eigenvalue weighted by molar-refractivity contribution is 9.10. The molecule has 1 aromatic carbocycles. The van der Waals surface area contributed by atoms with E-state index in [0.29, 0.717) is 13.0 Å². The fraction of sp³-hybridized carbons (Fsp3) is 0.231. The van der Waals surface area contributed by atoms with Crippen LogP contribution >= 0.6 is 15.9 Å². The van der Waals surface area contributed by atoms with Gasteiger partial charge in [0.05, 0.1) is 12.3 Å². The van der Waals surface area contributed by atoms with E-state index in [2.05, 4.69) is 26.1 Å². The lowest BCUT2D eigenvalue weighted by molar-refractivity contribution is 0.0644. The maximum atomic E-state index is 11.1. The number of rotatable bonds is 2. The van der Waals surface area contributed by atoms with Crippen LogP contribution in [0.15, 0.2) is 28.7 Å². The van der Waals surface area contributed by atoms with E-state index in [1.54, 1.807) is 0 Å². The molecular formula is C13H11BrN2O3. The number of benzene rings is 1.